The topological polar surface area (TPSA) is 93.0 Å². The molecule has 3 aromatic rings. The van der Waals surface area contributed by atoms with Crippen molar-refractivity contribution in [2.45, 2.75) is 20.5 Å². The van der Waals surface area contributed by atoms with Gasteiger partial charge in [0.15, 0.2) is 0 Å². The van der Waals surface area contributed by atoms with Crippen LogP contribution in [0.15, 0.2) is 64.5 Å². The molecule has 8 nitrogen and oxygen atoms in total. The lowest BCUT2D eigenvalue weighted by molar-refractivity contribution is 0.0698. The van der Waals surface area contributed by atoms with Gasteiger partial charge in [0, 0.05) is 37.2 Å². The predicted octanol–water partition coefficient (Wildman–Crippen LogP) is 3.63. The van der Waals surface area contributed by atoms with E-state index in [2.05, 4.69) is 5.16 Å². The van der Waals surface area contributed by atoms with Gasteiger partial charge >= 0.3 is 0 Å². The second kappa shape index (κ2) is 10.2. The first-order valence-electron chi connectivity index (χ1n) is 11.0. The minimum Gasteiger partial charge on any atom is -0.489 e. The fourth-order valence-corrected chi connectivity index (χ4v) is 4.87. The maximum atomic E-state index is 12.9. The van der Waals surface area contributed by atoms with E-state index < -0.39 is 10.0 Å². The van der Waals surface area contributed by atoms with E-state index in [9.17, 15) is 13.2 Å². The fourth-order valence-electron chi connectivity index (χ4n) is 3.70. The van der Waals surface area contributed by atoms with Crippen LogP contribution in [-0.2, 0) is 16.6 Å². The molecule has 178 valence electrons. The van der Waals surface area contributed by atoms with E-state index in [1.165, 1.54) is 9.71 Å². The molecular formula is C25H27N3O5S. The Morgan fingerprint density at radius 2 is 1.71 bits per heavy atom. The number of piperazine rings is 1. The molecule has 0 saturated carbocycles. The molecule has 1 aliphatic heterocycles. The Labute approximate surface area is 199 Å². The van der Waals surface area contributed by atoms with Crippen LogP contribution in [0.3, 0.4) is 0 Å². The van der Waals surface area contributed by atoms with Crippen LogP contribution in [0, 0.1) is 13.8 Å². The highest BCUT2D eigenvalue weighted by Gasteiger charge is 2.27. The lowest BCUT2D eigenvalue weighted by Gasteiger charge is -2.33. The Bertz CT molecular complexity index is 1240. The number of hydrogen-bond donors (Lipinski definition) is 0. The zero-order valence-corrected chi connectivity index (χ0v) is 20.0. The summed E-state index contributed by atoms with van der Waals surface area (Å²) in [7, 11) is -3.55. The van der Waals surface area contributed by atoms with Gasteiger partial charge in [0.2, 0.25) is 10.0 Å². The van der Waals surface area contributed by atoms with E-state index in [1.54, 1.807) is 35.2 Å². The van der Waals surface area contributed by atoms with Crippen LogP contribution in [0.1, 0.15) is 32.9 Å². The molecular weight excluding hydrogens is 454 g/mol. The van der Waals surface area contributed by atoms with Gasteiger partial charge in [-0.05, 0) is 49.8 Å². The number of nitrogens with zero attached hydrogens (tertiary/aromatic N) is 3. The Hall–Kier alpha value is -3.43. The van der Waals surface area contributed by atoms with Gasteiger partial charge < -0.3 is 14.2 Å². The summed E-state index contributed by atoms with van der Waals surface area (Å²) >= 11 is 0. The normalized spacial score (nSPS) is 15.1. The zero-order valence-electron chi connectivity index (χ0n) is 19.2. The van der Waals surface area contributed by atoms with Crippen molar-refractivity contribution in [1.29, 1.82) is 0 Å². The molecule has 1 aromatic heterocycles. The van der Waals surface area contributed by atoms with Crippen LogP contribution >= 0.6 is 0 Å². The lowest BCUT2D eigenvalue weighted by atomic mass is 10.1. The second-order valence-electron chi connectivity index (χ2n) is 8.07. The van der Waals surface area contributed by atoms with Gasteiger partial charge in [-0.3, -0.25) is 4.79 Å². The number of aryl methyl sites for hydroxylation is 2. The summed E-state index contributed by atoms with van der Waals surface area (Å²) in [6.07, 6.45) is 1.59. The highest BCUT2D eigenvalue weighted by molar-refractivity contribution is 7.92. The highest BCUT2D eigenvalue weighted by Crippen LogP contribution is 2.19. The van der Waals surface area contributed by atoms with Crippen LogP contribution in [0.4, 0.5) is 0 Å². The predicted molar refractivity (Wildman–Crippen MR) is 129 cm³/mol. The molecule has 0 N–H and O–H groups in total. The van der Waals surface area contributed by atoms with Crippen molar-refractivity contribution < 1.29 is 22.5 Å². The number of rotatable bonds is 7. The molecule has 0 atom stereocenters. The van der Waals surface area contributed by atoms with Gasteiger partial charge in [-0.15, -0.1) is 0 Å². The molecule has 4 rings (SSSR count). The number of sulfonamides is 1. The molecule has 1 amide bonds. The summed E-state index contributed by atoms with van der Waals surface area (Å²) in [5, 5.41) is 5.14. The molecule has 0 aliphatic carbocycles. The molecule has 9 heteroatoms. The largest absolute Gasteiger partial charge is 0.489 e. The molecule has 0 radical (unpaired) electrons. The standard InChI is InChI=1S/C25H27N3O5S/c1-19-24(20(2)33-26-19)18-32-23-10-8-22(9-11-23)25(29)27-13-15-28(16-14-27)34(30,31)17-12-21-6-4-3-5-7-21/h3-12,17H,13-16,18H2,1-2H3. The molecule has 0 unspecified atom stereocenters. The van der Waals surface area contributed by atoms with Crippen LogP contribution in [0.2, 0.25) is 0 Å². The maximum Gasteiger partial charge on any atom is 0.253 e. The molecule has 0 bridgehead atoms. The first-order chi connectivity index (χ1) is 16.3. The third-order valence-electron chi connectivity index (χ3n) is 5.78. The van der Waals surface area contributed by atoms with E-state index in [0.29, 0.717) is 31.0 Å². The number of carbonyl (C=O) groups excluding carboxylic acids is 1. The number of carbonyl (C=O) groups is 1. The molecule has 1 fully saturated rings. The van der Waals surface area contributed by atoms with Gasteiger partial charge in [-0.1, -0.05) is 35.5 Å². The molecule has 1 aliphatic rings. The third kappa shape index (κ3) is 5.55. The monoisotopic (exact) mass is 481 g/mol. The number of aromatic nitrogens is 1. The summed E-state index contributed by atoms with van der Waals surface area (Å²) in [5.41, 5.74) is 3.05. The molecule has 2 aromatic carbocycles. The molecule has 1 saturated heterocycles. The quantitative estimate of drug-likeness (QED) is 0.512. The van der Waals surface area contributed by atoms with Crippen LogP contribution < -0.4 is 4.74 Å². The lowest BCUT2D eigenvalue weighted by Crippen LogP contribution is -2.50. The maximum absolute atomic E-state index is 12.9. The van der Waals surface area contributed by atoms with E-state index >= 15 is 0 Å². The summed E-state index contributed by atoms with van der Waals surface area (Å²) < 4.78 is 37.6. The Kier molecular flexibility index (Phi) is 7.14. The van der Waals surface area contributed by atoms with Crippen LogP contribution in [0.25, 0.3) is 6.08 Å². The average Bonchev–Trinajstić information content (AvgIpc) is 3.19. The van der Waals surface area contributed by atoms with Crippen molar-refractivity contribution in [3.05, 3.63) is 88.1 Å². The van der Waals surface area contributed by atoms with E-state index in [0.717, 1.165) is 22.6 Å². The minimum atomic E-state index is -3.55. The molecule has 34 heavy (non-hydrogen) atoms. The Morgan fingerprint density at radius 1 is 1.03 bits per heavy atom. The second-order valence-corrected chi connectivity index (χ2v) is 9.88. The Balaban J connectivity index is 1.31. The van der Waals surface area contributed by atoms with Gasteiger partial charge in [0.1, 0.15) is 18.1 Å². The van der Waals surface area contributed by atoms with Crippen molar-refractivity contribution in [2.75, 3.05) is 26.2 Å². The molecule has 0 spiro atoms. The third-order valence-corrected chi connectivity index (χ3v) is 7.35. The smallest absolute Gasteiger partial charge is 0.253 e. The number of ether oxygens (including phenoxy) is 1. The first kappa shape index (κ1) is 23.7. The van der Waals surface area contributed by atoms with Gasteiger partial charge in [-0.25, -0.2) is 8.42 Å². The van der Waals surface area contributed by atoms with Crippen molar-refractivity contribution in [2.24, 2.45) is 0 Å². The SMILES string of the molecule is Cc1noc(C)c1COc1ccc(C(=O)N2CCN(S(=O)(=O)C=Cc3ccccc3)CC2)cc1. The van der Waals surface area contributed by atoms with Crippen molar-refractivity contribution >= 4 is 22.0 Å². The van der Waals surface area contributed by atoms with E-state index in [-0.39, 0.29) is 19.0 Å². The van der Waals surface area contributed by atoms with E-state index in [1.807, 2.05) is 44.2 Å². The highest BCUT2D eigenvalue weighted by atomic mass is 32.2. The van der Waals surface area contributed by atoms with Crippen molar-refractivity contribution in [1.82, 2.24) is 14.4 Å². The van der Waals surface area contributed by atoms with Gasteiger partial charge in [0.05, 0.1) is 11.3 Å². The summed E-state index contributed by atoms with van der Waals surface area (Å²) in [4.78, 5) is 14.6. The van der Waals surface area contributed by atoms with Crippen molar-refractivity contribution in [3.8, 4) is 5.75 Å². The van der Waals surface area contributed by atoms with Gasteiger partial charge in [-0.2, -0.15) is 4.31 Å². The van der Waals surface area contributed by atoms with Crippen molar-refractivity contribution in [3.63, 3.8) is 0 Å². The Morgan fingerprint density at radius 3 is 2.32 bits per heavy atom. The number of hydrogen-bond acceptors (Lipinski definition) is 6. The number of benzene rings is 2. The minimum absolute atomic E-state index is 0.130. The fraction of sp³-hybridized carbons (Fsp3) is 0.280. The molecule has 2 heterocycles. The van der Waals surface area contributed by atoms with Gasteiger partial charge in [0.25, 0.3) is 5.91 Å². The zero-order chi connectivity index (χ0) is 24.1. The van der Waals surface area contributed by atoms with E-state index in [4.69, 9.17) is 9.26 Å². The van der Waals surface area contributed by atoms with Crippen LogP contribution in [0.5, 0.6) is 5.75 Å². The first-order valence-corrected chi connectivity index (χ1v) is 12.5. The average molecular weight is 482 g/mol. The summed E-state index contributed by atoms with van der Waals surface area (Å²) in [5.74, 6) is 1.23. The summed E-state index contributed by atoms with van der Waals surface area (Å²) in [6.45, 7) is 5.22. The summed E-state index contributed by atoms with van der Waals surface area (Å²) in [6, 6.07) is 16.2. The number of amides is 1. The van der Waals surface area contributed by atoms with Crippen LogP contribution in [-0.4, -0.2) is 54.9 Å².